The lowest BCUT2D eigenvalue weighted by atomic mass is 10.1. The molecule has 112 valence electrons. The summed E-state index contributed by atoms with van der Waals surface area (Å²) in [5.41, 5.74) is 3.16. The zero-order valence-electron chi connectivity index (χ0n) is 12.4. The number of hydrogen-bond donors (Lipinski definition) is 0. The normalized spacial score (nSPS) is 16.2. The molecule has 2 aliphatic rings. The molecule has 0 saturated carbocycles. The number of aliphatic imine (C=N–C) groups is 2. The number of benzene rings is 1. The monoisotopic (exact) mass is 318 g/mol. The van der Waals surface area contributed by atoms with Gasteiger partial charge in [-0.05, 0) is 18.6 Å². The number of amidine groups is 1. The van der Waals surface area contributed by atoms with Gasteiger partial charge in [-0.15, -0.1) is 11.3 Å². The number of hydrogen-bond acceptors (Lipinski definition) is 5. The summed E-state index contributed by atoms with van der Waals surface area (Å²) in [6, 6.07) is 14.5. The van der Waals surface area contributed by atoms with Gasteiger partial charge in [0.1, 0.15) is 10.7 Å². The molecule has 0 amide bonds. The quantitative estimate of drug-likeness (QED) is 0.678. The number of thiophene rings is 1. The van der Waals surface area contributed by atoms with Crippen molar-refractivity contribution in [1.29, 1.82) is 0 Å². The Labute approximate surface area is 137 Å². The molecule has 23 heavy (non-hydrogen) atoms. The summed E-state index contributed by atoms with van der Waals surface area (Å²) >= 11 is 1.70. The standard InChI is InChI=1S/C18H14N4S/c1-2-5-12(6-3-1)14-8-7-13-15-16(23-18(13)21-14)17-19-9-4-10-22(17)11-20-15/h1-3,5-8,11H,4,9-10H2. The summed E-state index contributed by atoms with van der Waals surface area (Å²) in [5, 5.41) is 1.12. The Balaban J connectivity index is 1.69. The van der Waals surface area contributed by atoms with Crippen molar-refractivity contribution in [3.8, 4) is 11.3 Å². The minimum Gasteiger partial charge on any atom is -0.316 e. The highest BCUT2D eigenvalue weighted by Crippen LogP contribution is 2.40. The van der Waals surface area contributed by atoms with Gasteiger partial charge in [0.2, 0.25) is 0 Å². The van der Waals surface area contributed by atoms with E-state index in [9.17, 15) is 0 Å². The van der Waals surface area contributed by atoms with E-state index in [-0.39, 0.29) is 0 Å². The van der Waals surface area contributed by atoms with E-state index in [0.29, 0.717) is 0 Å². The van der Waals surface area contributed by atoms with Crippen LogP contribution in [0, 0.1) is 0 Å². The molecule has 3 aromatic rings. The van der Waals surface area contributed by atoms with Gasteiger partial charge in [0.25, 0.3) is 0 Å². The molecule has 2 aromatic heterocycles. The number of aromatic nitrogens is 1. The van der Waals surface area contributed by atoms with Gasteiger partial charge in [0.05, 0.1) is 22.6 Å². The van der Waals surface area contributed by atoms with Crippen LogP contribution in [0.5, 0.6) is 0 Å². The van der Waals surface area contributed by atoms with E-state index in [1.54, 1.807) is 11.3 Å². The van der Waals surface area contributed by atoms with Crippen LogP contribution in [0.15, 0.2) is 52.4 Å². The van der Waals surface area contributed by atoms with Crippen molar-refractivity contribution >= 4 is 39.4 Å². The van der Waals surface area contributed by atoms with Crippen molar-refractivity contribution < 1.29 is 0 Å². The van der Waals surface area contributed by atoms with E-state index < -0.39 is 0 Å². The second-order valence-corrected chi connectivity index (χ2v) is 6.69. The first kappa shape index (κ1) is 13.0. The van der Waals surface area contributed by atoms with Crippen LogP contribution in [0.4, 0.5) is 5.69 Å². The van der Waals surface area contributed by atoms with Crippen molar-refractivity contribution in [3.63, 3.8) is 0 Å². The fourth-order valence-electron chi connectivity index (χ4n) is 3.08. The number of nitrogens with zero attached hydrogens (tertiary/aromatic N) is 4. The lowest BCUT2D eigenvalue weighted by molar-refractivity contribution is 0.559. The summed E-state index contributed by atoms with van der Waals surface area (Å²) in [7, 11) is 0. The molecule has 0 fully saturated rings. The molecule has 0 unspecified atom stereocenters. The number of pyridine rings is 1. The van der Waals surface area contributed by atoms with Gasteiger partial charge < -0.3 is 4.90 Å². The second-order valence-electron chi connectivity index (χ2n) is 5.69. The Morgan fingerprint density at radius 2 is 1.96 bits per heavy atom. The van der Waals surface area contributed by atoms with E-state index >= 15 is 0 Å². The van der Waals surface area contributed by atoms with Gasteiger partial charge in [0.15, 0.2) is 0 Å². The van der Waals surface area contributed by atoms with Crippen LogP contribution in [-0.2, 0) is 0 Å². The molecule has 0 N–H and O–H groups in total. The molecule has 5 rings (SSSR count). The van der Waals surface area contributed by atoms with Crippen LogP contribution >= 0.6 is 11.3 Å². The van der Waals surface area contributed by atoms with E-state index in [4.69, 9.17) is 9.98 Å². The maximum Gasteiger partial charge on any atom is 0.148 e. The number of rotatable bonds is 1. The van der Waals surface area contributed by atoms with Gasteiger partial charge in [-0.25, -0.2) is 9.98 Å². The smallest absolute Gasteiger partial charge is 0.148 e. The van der Waals surface area contributed by atoms with E-state index in [1.807, 2.05) is 24.5 Å². The zero-order chi connectivity index (χ0) is 15.2. The first-order valence-electron chi connectivity index (χ1n) is 7.75. The fourth-order valence-corrected chi connectivity index (χ4v) is 4.22. The molecule has 0 spiro atoms. The molecular weight excluding hydrogens is 304 g/mol. The topological polar surface area (TPSA) is 40.9 Å². The molecule has 1 aromatic carbocycles. The first-order chi connectivity index (χ1) is 11.4. The molecule has 2 aliphatic heterocycles. The first-order valence-corrected chi connectivity index (χ1v) is 8.56. The van der Waals surface area contributed by atoms with Crippen molar-refractivity contribution in [2.75, 3.05) is 13.1 Å². The molecule has 4 heterocycles. The Kier molecular flexibility index (Phi) is 2.81. The van der Waals surface area contributed by atoms with Crippen LogP contribution in [-0.4, -0.2) is 35.1 Å². The van der Waals surface area contributed by atoms with Crippen molar-refractivity contribution in [2.45, 2.75) is 6.42 Å². The third-order valence-corrected chi connectivity index (χ3v) is 5.30. The Morgan fingerprint density at radius 1 is 1.04 bits per heavy atom. The molecule has 5 heteroatoms. The van der Waals surface area contributed by atoms with Crippen LogP contribution < -0.4 is 0 Å². The summed E-state index contributed by atoms with van der Waals surface area (Å²) in [6.07, 6.45) is 3.00. The highest BCUT2D eigenvalue weighted by Gasteiger charge is 2.26. The summed E-state index contributed by atoms with van der Waals surface area (Å²) < 4.78 is 0. The van der Waals surface area contributed by atoms with E-state index in [2.05, 4.69) is 34.2 Å². The van der Waals surface area contributed by atoms with Crippen LogP contribution in [0.1, 0.15) is 11.3 Å². The fraction of sp³-hybridized carbons (Fsp3) is 0.167. The summed E-state index contributed by atoms with van der Waals surface area (Å²) in [5.74, 6) is 1.06. The zero-order valence-corrected chi connectivity index (χ0v) is 13.3. The van der Waals surface area contributed by atoms with Gasteiger partial charge in [-0.1, -0.05) is 30.3 Å². The van der Waals surface area contributed by atoms with Gasteiger partial charge in [0, 0.05) is 24.0 Å². The van der Waals surface area contributed by atoms with Crippen molar-refractivity contribution in [1.82, 2.24) is 9.88 Å². The third kappa shape index (κ3) is 2.00. The van der Waals surface area contributed by atoms with E-state index in [1.165, 1.54) is 0 Å². The Bertz CT molecular complexity index is 956. The van der Waals surface area contributed by atoms with Crippen LogP contribution in [0.25, 0.3) is 21.5 Å². The lowest BCUT2D eigenvalue weighted by Gasteiger charge is -2.27. The van der Waals surface area contributed by atoms with E-state index in [0.717, 1.165) is 57.4 Å². The molecule has 4 nitrogen and oxygen atoms in total. The largest absolute Gasteiger partial charge is 0.316 e. The van der Waals surface area contributed by atoms with Gasteiger partial charge >= 0.3 is 0 Å². The molecule has 0 atom stereocenters. The minimum absolute atomic E-state index is 0.899. The molecular formula is C18H14N4S. The average molecular weight is 318 g/mol. The average Bonchev–Trinajstić information content (AvgIpc) is 3.00. The Morgan fingerprint density at radius 3 is 2.87 bits per heavy atom. The lowest BCUT2D eigenvalue weighted by Crippen LogP contribution is -2.36. The number of fused-ring (bicyclic) bond motifs is 5. The molecule has 0 saturated heterocycles. The van der Waals surface area contributed by atoms with Crippen LogP contribution in [0.3, 0.4) is 0 Å². The van der Waals surface area contributed by atoms with Gasteiger partial charge in [-0.3, -0.25) is 4.99 Å². The maximum atomic E-state index is 4.86. The minimum atomic E-state index is 0.899. The highest BCUT2D eigenvalue weighted by atomic mass is 32.1. The SMILES string of the molecule is C1=Nc2c(sc3nc(-c4ccccc4)ccc23)C2=NCCCN12. The molecule has 0 radical (unpaired) electrons. The van der Waals surface area contributed by atoms with Crippen molar-refractivity contribution in [2.24, 2.45) is 9.98 Å². The maximum absolute atomic E-state index is 4.86. The summed E-state index contributed by atoms with van der Waals surface area (Å²) in [6.45, 7) is 1.90. The second kappa shape index (κ2) is 4.99. The summed E-state index contributed by atoms with van der Waals surface area (Å²) in [4.78, 5) is 18.6. The molecule has 0 aliphatic carbocycles. The third-order valence-electron chi connectivity index (χ3n) is 4.22. The predicted molar refractivity (Wildman–Crippen MR) is 95.9 cm³/mol. The molecule has 0 bridgehead atoms. The highest BCUT2D eigenvalue weighted by molar-refractivity contribution is 7.21. The Hall–Kier alpha value is -2.53. The van der Waals surface area contributed by atoms with Crippen LogP contribution in [0.2, 0.25) is 0 Å². The van der Waals surface area contributed by atoms with Crippen molar-refractivity contribution in [3.05, 3.63) is 47.3 Å². The van der Waals surface area contributed by atoms with Gasteiger partial charge in [-0.2, -0.15) is 0 Å². The predicted octanol–water partition coefficient (Wildman–Crippen LogP) is 4.09.